The van der Waals surface area contributed by atoms with Gasteiger partial charge in [-0.15, -0.1) is 13.2 Å². The first-order valence-corrected chi connectivity index (χ1v) is 5.37. The van der Waals surface area contributed by atoms with Crippen LogP contribution in [0.5, 0.6) is 0 Å². The monoisotopic (exact) mass is 210 g/mol. The van der Waals surface area contributed by atoms with Crippen LogP contribution in [-0.4, -0.2) is 0 Å². The van der Waals surface area contributed by atoms with Gasteiger partial charge in [-0.05, 0) is 35.1 Å². The van der Waals surface area contributed by atoms with E-state index in [2.05, 4.69) is 50.6 Å². The molecule has 0 amide bonds. The first kappa shape index (κ1) is 12.3. The van der Waals surface area contributed by atoms with Gasteiger partial charge in [-0.3, -0.25) is 0 Å². The molecule has 0 aliphatic carbocycles. The second-order valence-electron chi connectivity index (χ2n) is 3.77. The average Bonchev–Trinajstić information content (AvgIpc) is 2.30. The van der Waals surface area contributed by atoms with Crippen LogP contribution in [0.25, 0.3) is 11.1 Å². The summed E-state index contributed by atoms with van der Waals surface area (Å²) in [4.78, 5) is 0. The van der Waals surface area contributed by atoms with Crippen molar-refractivity contribution in [1.29, 1.82) is 0 Å². The maximum Gasteiger partial charge on any atom is -0.0100 e. The van der Waals surface area contributed by atoms with Gasteiger partial charge in [-0.2, -0.15) is 0 Å². The molecule has 0 aromatic heterocycles. The molecule has 82 valence electrons. The van der Waals surface area contributed by atoms with Gasteiger partial charge in [0.2, 0.25) is 0 Å². The zero-order chi connectivity index (χ0) is 12.0. The fourth-order valence-electron chi connectivity index (χ4n) is 1.53. The van der Waals surface area contributed by atoms with Gasteiger partial charge < -0.3 is 0 Å². The Morgan fingerprint density at radius 3 is 1.38 bits per heavy atom. The minimum atomic E-state index is 0.826. The molecule has 0 heterocycles. The zero-order valence-corrected chi connectivity index (χ0v) is 9.71. The molecule has 0 aliphatic rings. The third kappa shape index (κ3) is 3.09. The van der Waals surface area contributed by atoms with Crippen molar-refractivity contribution in [1.82, 2.24) is 0 Å². The largest absolute Gasteiger partial charge is 0.103 e. The van der Waals surface area contributed by atoms with Crippen LogP contribution in [0.1, 0.15) is 24.0 Å². The van der Waals surface area contributed by atoms with E-state index in [0.717, 1.165) is 35.1 Å². The summed E-state index contributed by atoms with van der Waals surface area (Å²) in [5.41, 5.74) is 4.51. The standard InChI is InChI=1S/C16H18/c1-5-7-13(3)15-9-11-16(12-10-15)14(4)8-6-2/h5-6,9-12H,1-4,7-8H2. The summed E-state index contributed by atoms with van der Waals surface area (Å²) in [7, 11) is 0. The van der Waals surface area contributed by atoms with Crippen LogP contribution in [0.3, 0.4) is 0 Å². The summed E-state index contributed by atoms with van der Waals surface area (Å²) in [6, 6.07) is 8.32. The van der Waals surface area contributed by atoms with Crippen LogP contribution in [0.4, 0.5) is 0 Å². The molecular weight excluding hydrogens is 192 g/mol. The number of allylic oxidation sites excluding steroid dienone is 4. The van der Waals surface area contributed by atoms with Crippen LogP contribution in [-0.2, 0) is 0 Å². The first-order valence-electron chi connectivity index (χ1n) is 5.37. The van der Waals surface area contributed by atoms with Crippen LogP contribution < -0.4 is 0 Å². The third-order valence-electron chi connectivity index (χ3n) is 2.48. The van der Waals surface area contributed by atoms with Gasteiger partial charge >= 0.3 is 0 Å². The van der Waals surface area contributed by atoms with E-state index in [1.54, 1.807) is 0 Å². The highest BCUT2D eigenvalue weighted by Crippen LogP contribution is 2.21. The Morgan fingerprint density at radius 2 is 1.12 bits per heavy atom. The van der Waals surface area contributed by atoms with Gasteiger partial charge in [0, 0.05) is 0 Å². The summed E-state index contributed by atoms with van der Waals surface area (Å²) in [5, 5.41) is 0. The molecule has 0 bridgehead atoms. The van der Waals surface area contributed by atoms with Gasteiger partial charge in [0.15, 0.2) is 0 Å². The minimum absolute atomic E-state index is 0.826. The SMILES string of the molecule is C=CCC(=C)c1ccc(C(=C)CC=C)cc1. The lowest BCUT2D eigenvalue weighted by molar-refractivity contribution is 1.38. The molecule has 0 N–H and O–H groups in total. The fourth-order valence-corrected chi connectivity index (χ4v) is 1.53. The molecule has 0 atom stereocenters. The Balaban J connectivity index is 2.82. The molecule has 1 rings (SSSR count). The van der Waals surface area contributed by atoms with Crippen molar-refractivity contribution < 1.29 is 0 Å². The Labute approximate surface area is 98.3 Å². The summed E-state index contributed by atoms with van der Waals surface area (Å²) >= 11 is 0. The molecule has 0 spiro atoms. The molecule has 0 fully saturated rings. The predicted molar refractivity (Wildman–Crippen MR) is 74.1 cm³/mol. The molecular formula is C16H18. The molecule has 0 saturated carbocycles. The maximum absolute atomic E-state index is 4.02. The summed E-state index contributed by atoms with van der Waals surface area (Å²) in [5.74, 6) is 0. The van der Waals surface area contributed by atoms with Crippen molar-refractivity contribution in [2.45, 2.75) is 12.8 Å². The molecule has 0 saturated heterocycles. The van der Waals surface area contributed by atoms with E-state index in [1.807, 2.05) is 12.2 Å². The summed E-state index contributed by atoms with van der Waals surface area (Å²) < 4.78 is 0. The average molecular weight is 210 g/mol. The number of rotatable bonds is 6. The van der Waals surface area contributed by atoms with Crippen LogP contribution in [0, 0.1) is 0 Å². The van der Waals surface area contributed by atoms with Crippen molar-refractivity contribution in [2.75, 3.05) is 0 Å². The lowest BCUT2D eigenvalue weighted by atomic mass is 9.99. The molecule has 0 nitrogen and oxygen atoms in total. The van der Waals surface area contributed by atoms with E-state index in [0.29, 0.717) is 0 Å². The first-order chi connectivity index (χ1) is 7.69. The fraction of sp³-hybridized carbons (Fsp3) is 0.125. The Morgan fingerprint density at radius 1 is 0.812 bits per heavy atom. The Hall–Kier alpha value is -1.82. The van der Waals surface area contributed by atoms with Gasteiger partial charge in [0.05, 0.1) is 0 Å². The molecule has 0 heteroatoms. The Kier molecular flexibility index (Phi) is 4.53. The van der Waals surface area contributed by atoms with Gasteiger partial charge in [0.1, 0.15) is 0 Å². The maximum atomic E-state index is 4.02. The molecule has 0 radical (unpaired) electrons. The normalized spacial score (nSPS) is 9.50. The highest BCUT2D eigenvalue weighted by Gasteiger charge is 1.99. The van der Waals surface area contributed by atoms with Gasteiger partial charge in [0.25, 0.3) is 0 Å². The molecule has 0 unspecified atom stereocenters. The van der Waals surface area contributed by atoms with Crippen LogP contribution >= 0.6 is 0 Å². The number of hydrogen-bond donors (Lipinski definition) is 0. The van der Waals surface area contributed by atoms with E-state index in [9.17, 15) is 0 Å². The minimum Gasteiger partial charge on any atom is -0.103 e. The van der Waals surface area contributed by atoms with Crippen LogP contribution in [0.2, 0.25) is 0 Å². The second kappa shape index (κ2) is 5.92. The summed E-state index contributed by atoms with van der Waals surface area (Å²) in [6.45, 7) is 15.5. The van der Waals surface area contributed by atoms with E-state index < -0.39 is 0 Å². The second-order valence-corrected chi connectivity index (χ2v) is 3.77. The lowest BCUT2D eigenvalue weighted by Crippen LogP contribution is -1.85. The molecule has 0 aliphatic heterocycles. The van der Waals surface area contributed by atoms with Gasteiger partial charge in [-0.1, -0.05) is 49.6 Å². The van der Waals surface area contributed by atoms with Crippen LogP contribution in [0.15, 0.2) is 62.7 Å². The van der Waals surface area contributed by atoms with Crippen molar-refractivity contribution in [2.24, 2.45) is 0 Å². The topological polar surface area (TPSA) is 0 Å². The number of hydrogen-bond acceptors (Lipinski definition) is 0. The molecule has 1 aromatic carbocycles. The van der Waals surface area contributed by atoms with E-state index >= 15 is 0 Å². The van der Waals surface area contributed by atoms with E-state index in [-0.39, 0.29) is 0 Å². The summed E-state index contributed by atoms with van der Waals surface area (Å²) in [6.07, 6.45) is 5.39. The third-order valence-corrected chi connectivity index (χ3v) is 2.48. The molecule has 16 heavy (non-hydrogen) atoms. The molecule has 1 aromatic rings. The number of benzene rings is 1. The van der Waals surface area contributed by atoms with Gasteiger partial charge in [-0.25, -0.2) is 0 Å². The van der Waals surface area contributed by atoms with E-state index in [4.69, 9.17) is 0 Å². The quantitative estimate of drug-likeness (QED) is 0.588. The Bertz CT molecular complexity index is 363. The van der Waals surface area contributed by atoms with Crippen molar-refractivity contribution in [3.05, 3.63) is 73.9 Å². The zero-order valence-electron chi connectivity index (χ0n) is 9.71. The lowest BCUT2D eigenvalue weighted by Gasteiger charge is -2.06. The highest BCUT2D eigenvalue weighted by atomic mass is 14.0. The van der Waals surface area contributed by atoms with Crippen molar-refractivity contribution >= 4 is 11.1 Å². The van der Waals surface area contributed by atoms with Crippen molar-refractivity contribution in [3.8, 4) is 0 Å². The predicted octanol–water partition coefficient (Wildman–Crippen LogP) is 4.87. The van der Waals surface area contributed by atoms with Crippen molar-refractivity contribution in [3.63, 3.8) is 0 Å². The smallest absolute Gasteiger partial charge is 0.0100 e. The highest BCUT2D eigenvalue weighted by molar-refractivity contribution is 5.69. The van der Waals surface area contributed by atoms with E-state index in [1.165, 1.54) is 0 Å².